The molecular weight excluding hydrogens is 218 g/mol. The zero-order valence-corrected chi connectivity index (χ0v) is 10.6. The van der Waals surface area contributed by atoms with Crippen LogP contribution < -0.4 is 16.2 Å². The normalized spacial score (nSPS) is 12.3. The van der Waals surface area contributed by atoms with Gasteiger partial charge in [-0.05, 0) is 19.8 Å². The molecule has 1 rings (SSSR count). The van der Waals surface area contributed by atoms with Gasteiger partial charge >= 0.3 is 0 Å². The van der Waals surface area contributed by atoms with Gasteiger partial charge in [0.25, 0.3) is 0 Å². The summed E-state index contributed by atoms with van der Waals surface area (Å²) in [5.74, 6) is 6.93. The number of hydrogen-bond donors (Lipinski definition) is 3. The Balaban J connectivity index is 2.88. The number of nitrogens with one attached hydrogen (secondary N) is 1. The maximum atomic E-state index is 9.28. The number of nitrogen functional groups attached to an aromatic ring is 1. The lowest BCUT2D eigenvalue weighted by atomic mass is 10.2. The molecule has 1 atom stereocenters. The number of hydrogen-bond acceptors (Lipinski definition) is 6. The monoisotopic (exact) mass is 239 g/mol. The van der Waals surface area contributed by atoms with Gasteiger partial charge in [0.2, 0.25) is 0 Å². The summed E-state index contributed by atoms with van der Waals surface area (Å²) in [7, 11) is 1.95. The van der Waals surface area contributed by atoms with E-state index in [1.54, 1.807) is 6.92 Å². The van der Waals surface area contributed by atoms with Crippen molar-refractivity contribution in [1.29, 1.82) is 0 Å². The number of nitrogens with two attached hydrogens (primary N) is 1. The molecule has 0 fully saturated rings. The molecule has 0 amide bonds. The Morgan fingerprint density at radius 2 is 2.24 bits per heavy atom. The molecule has 1 aromatic heterocycles. The Bertz CT molecular complexity index is 356. The van der Waals surface area contributed by atoms with E-state index in [-0.39, 0.29) is 6.10 Å². The van der Waals surface area contributed by atoms with Crippen LogP contribution in [0.5, 0.6) is 0 Å². The molecule has 96 valence electrons. The first-order chi connectivity index (χ1) is 8.10. The molecule has 0 saturated carbocycles. The highest BCUT2D eigenvalue weighted by Gasteiger charge is 2.13. The van der Waals surface area contributed by atoms with Crippen LogP contribution >= 0.6 is 0 Å². The third kappa shape index (κ3) is 3.54. The number of aliphatic hydroxyl groups excluding tert-OH is 1. The topological polar surface area (TPSA) is 87.3 Å². The Labute approximate surface area is 102 Å². The maximum Gasteiger partial charge on any atom is 0.148 e. The van der Waals surface area contributed by atoms with E-state index >= 15 is 0 Å². The Hall–Kier alpha value is -1.40. The highest BCUT2D eigenvalue weighted by atomic mass is 16.3. The summed E-state index contributed by atoms with van der Waals surface area (Å²) in [6, 6.07) is 0. The van der Waals surface area contributed by atoms with Crippen LogP contribution in [0.15, 0.2) is 6.33 Å². The Kier molecular flexibility index (Phi) is 5.11. The molecule has 0 bridgehead atoms. The van der Waals surface area contributed by atoms with Crippen molar-refractivity contribution in [3.05, 3.63) is 11.9 Å². The van der Waals surface area contributed by atoms with Gasteiger partial charge in [-0.15, -0.1) is 0 Å². The molecule has 0 radical (unpaired) electrons. The largest absolute Gasteiger partial charge is 0.393 e. The molecular formula is C11H21N5O. The molecule has 0 aliphatic heterocycles. The number of rotatable bonds is 6. The van der Waals surface area contributed by atoms with Gasteiger partial charge < -0.3 is 15.4 Å². The van der Waals surface area contributed by atoms with Crippen LogP contribution in [0.1, 0.15) is 25.8 Å². The van der Waals surface area contributed by atoms with Crippen molar-refractivity contribution in [3.8, 4) is 0 Å². The molecule has 6 heteroatoms. The van der Waals surface area contributed by atoms with Gasteiger partial charge in [0.1, 0.15) is 18.0 Å². The van der Waals surface area contributed by atoms with Crippen LogP contribution in [-0.2, 0) is 6.42 Å². The molecule has 6 nitrogen and oxygen atoms in total. The molecule has 1 unspecified atom stereocenters. The third-order valence-corrected chi connectivity index (χ3v) is 2.66. The molecule has 0 spiro atoms. The highest BCUT2D eigenvalue weighted by molar-refractivity contribution is 5.57. The minimum atomic E-state index is -0.309. The molecule has 0 aliphatic carbocycles. The molecule has 4 N–H and O–H groups in total. The fraction of sp³-hybridized carbons (Fsp3) is 0.636. The van der Waals surface area contributed by atoms with Crippen LogP contribution in [-0.4, -0.2) is 34.8 Å². The van der Waals surface area contributed by atoms with Gasteiger partial charge in [-0.1, -0.05) is 6.92 Å². The quantitative estimate of drug-likeness (QED) is 0.496. The van der Waals surface area contributed by atoms with Crippen LogP contribution in [0.4, 0.5) is 11.6 Å². The van der Waals surface area contributed by atoms with Gasteiger partial charge in [0.15, 0.2) is 0 Å². The van der Waals surface area contributed by atoms with Crippen molar-refractivity contribution in [2.45, 2.75) is 32.8 Å². The summed E-state index contributed by atoms with van der Waals surface area (Å²) in [5, 5.41) is 9.28. The zero-order valence-electron chi connectivity index (χ0n) is 10.6. The minimum absolute atomic E-state index is 0.309. The molecule has 0 saturated heterocycles. The number of nitrogens with zero attached hydrogens (tertiary/aromatic N) is 3. The van der Waals surface area contributed by atoms with Crippen molar-refractivity contribution in [2.24, 2.45) is 5.84 Å². The fourth-order valence-electron chi connectivity index (χ4n) is 1.67. The minimum Gasteiger partial charge on any atom is -0.393 e. The average Bonchev–Trinajstić information content (AvgIpc) is 2.34. The van der Waals surface area contributed by atoms with Crippen molar-refractivity contribution in [2.75, 3.05) is 23.9 Å². The van der Waals surface area contributed by atoms with Crippen LogP contribution in [0.3, 0.4) is 0 Å². The number of anilines is 2. The first-order valence-electron chi connectivity index (χ1n) is 5.79. The van der Waals surface area contributed by atoms with Crippen molar-refractivity contribution in [3.63, 3.8) is 0 Å². The molecule has 1 aromatic rings. The van der Waals surface area contributed by atoms with E-state index in [2.05, 4.69) is 15.4 Å². The summed E-state index contributed by atoms with van der Waals surface area (Å²) in [5.41, 5.74) is 3.57. The summed E-state index contributed by atoms with van der Waals surface area (Å²) < 4.78 is 0. The predicted molar refractivity (Wildman–Crippen MR) is 68.8 cm³/mol. The lowest BCUT2D eigenvalue weighted by molar-refractivity contribution is 0.187. The van der Waals surface area contributed by atoms with Crippen molar-refractivity contribution < 1.29 is 5.11 Å². The summed E-state index contributed by atoms with van der Waals surface area (Å²) in [4.78, 5) is 10.4. The SMILES string of the molecule is CCc1c(NN)ncnc1N(C)CCC(C)O. The van der Waals surface area contributed by atoms with E-state index in [0.717, 1.165) is 24.3 Å². The van der Waals surface area contributed by atoms with Crippen LogP contribution in [0.2, 0.25) is 0 Å². The van der Waals surface area contributed by atoms with Gasteiger partial charge in [-0.2, -0.15) is 0 Å². The molecule has 17 heavy (non-hydrogen) atoms. The lowest BCUT2D eigenvalue weighted by Crippen LogP contribution is -2.25. The smallest absolute Gasteiger partial charge is 0.148 e. The standard InChI is InChI=1S/C11H21N5O/c1-4-9-10(15-12)13-7-14-11(9)16(3)6-5-8(2)17/h7-8,17H,4-6,12H2,1-3H3,(H,13,14,15). The fourth-order valence-corrected chi connectivity index (χ4v) is 1.67. The summed E-state index contributed by atoms with van der Waals surface area (Å²) >= 11 is 0. The molecule has 0 aliphatic rings. The van der Waals surface area contributed by atoms with Crippen LogP contribution in [0.25, 0.3) is 0 Å². The van der Waals surface area contributed by atoms with E-state index < -0.39 is 0 Å². The van der Waals surface area contributed by atoms with E-state index in [4.69, 9.17) is 5.84 Å². The second-order valence-electron chi connectivity index (χ2n) is 4.08. The van der Waals surface area contributed by atoms with E-state index in [0.29, 0.717) is 12.2 Å². The zero-order chi connectivity index (χ0) is 12.8. The van der Waals surface area contributed by atoms with E-state index in [1.165, 1.54) is 6.33 Å². The molecule has 1 heterocycles. The van der Waals surface area contributed by atoms with Gasteiger partial charge in [-0.25, -0.2) is 15.8 Å². The maximum absolute atomic E-state index is 9.28. The first-order valence-corrected chi connectivity index (χ1v) is 5.79. The summed E-state index contributed by atoms with van der Waals surface area (Å²) in [6.07, 6.45) is 2.68. The average molecular weight is 239 g/mol. The second-order valence-corrected chi connectivity index (χ2v) is 4.08. The van der Waals surface area contributed by atoms with Gasteiger partial charge in [0.05, 0.1) is 6.10 Å². The van der Waals surface area contributed by atoms with Crippen molar-refractivity contribution in [1.82, 2.24) is 9.97 Å². The van der Waals surface area contributed by atoms with Crippen molar-refractivity contribution >= 4 is 11.6 Å². The Morgan fingerprint density at radius 1 is 1.53 bits per heavy atom. The number of aliphatic hydroxyl groups is 1. The number of aromatic nitrogens is 2. The predicted octanol–water partition coefficient (Wildman–Crippen LogP) is 0.532. The van der Waals surface area contributed by atoms with E-state index in [1.807, 2.05) is 18.9 Å². The summed E-state index contributed by atoms with van der Waals surface area (Å²) in [6.45, 7) is 4.55. The molecule has 0 aromatic carbocycles. The number of hydrazine groups is 1. The van der Waals surface area contributed by atoms with Gasteiger partial charge in [0, 0.05) is 19.2 Å². The van der Waals surface area contributed by atoms with E-state index in [9.17, 15) is 5.11 Å². The second kappa shape index (κ2) is 6.36. The first kappa shape index (κ1) is 13.7. The Morgan fingerprint density at radius 3 is 2.76 bits per heavy atom. The lowest BCUT2D eigenvalue weighted by Gasteiger charge is -2.22. The van der Waals surface area contributed by atoms with Gasteiger partial charge in [-0.3, -0.25) is 0 Å². The van der Waals surface area contributed by atoms with Crippen LogP contribution in [0, 0.1) is 0 Å². The highest BCUT2D eigenvalue weighted by Crippen LogP contribution is 2.22. The third-order valence-electron chi connectivity index (χ3n) is 2.66.